The lowest BCUT2D eigenvalue weighted by Crippen LogP contribution is -2.00. The van der Waals surface area contributed by atoms with Crippen molar-refractivity contribution >= 4 is 14.0 Å². The van der Waals surface area contributed by atoms with Crippen LogP contribution >= 0.6 is 8.03 Å². The molecule has 0 aliphatic heterocycles. The molecular formula is C5H11O4P. The second kappa shape index (κ2) is 5.45. The molecule has 0 aliphatic carbocycles. The summed E-state index contributed by atoms with van der Waals surface area (Å²) in [5.74, 6) is -0.349. The Morgan fingerprint density at radius 2 is 2.30 bits per heavy atom. The van der Waals surface area contributed by atoms with Crippen LogP contribution in [0.3, 0.4) is 0 Å². The van der Waals surface area contributed by atoms with E-state index in [0.717, 1.165) is 0 Å². The molecule has 1 atom stereocenters. The summed E-state index contributed by atoms with van der Waals surface area (Å²) in [6, 6.07) is 0. The van der Waals surface area contributed by atoms with Gasteiger partial charge in [0.2, 0.25) is 0 Å². The second-order valence-corrected chi connectivity index (χ2v) is 3.12. The zero-order valence-corrected chi connectivity index (χ0v) is 6.79. The highest BCUT2D eigenvalue weighted by molar-refractivity contribution is 7.37. The summed E-state index contributed by atoms with van der Waals surface area (Å²) in [6.07, 6.45) is 0.700. The molecule has 0 aromatic heterocycles. The van der Waals surface area contributed by atoms with Crippen LogP contribution in [0.4, 0.5) is 0 Å². The lowest BCUT2D eigenvalue weighted by Gasteiger charge is -1.98. The van der Waals surface area contributed by atoms with E-state index in [1.165, 1.54) is 6.92 Å². The van der Waals surface area contributed by atoms with E-state index in [-0.39, 0.29) is 18.7 Å². The maximum atomic E-state index is 10.1. The van der Waals surface area contributed by atoms with Crippen LogP contribution in [0.15, 0.2) is 0 Å². The molecule has 0 amide bonds. The van der Waals surface area contributed by atoms with Gasteiger partial charge in [-0.1, -0.05) is 0 Å². The van der Waals surface area contributed by atoms with Crippen LogP contribution < -0.4 is 0 Å². The van der Waals surface area contributed by atoms with Gasteiger partial charge in [0.05, 0.1) is 6.61 Å². The Bertz CT molecular complexity index is 118. The number of esters is 1. The molecule has 0 aromatic carbocycles. The molecule has 0 radical (unpaired) electrons. The number of carbonyl (C=O) groups is 1. The smallest absolute Gasteiger partial charge is 0.302 e. The Labute approximate surface area is 60.1 Å². The minimum Gasteiger partial charge on any atom is -0.466 e. The molecule has 0 rings (SSSR count). The molecule has 60 valence electrons. The fourth-order valence-electron chi connectivity index (χ4n) is 0.439. The Kier molecular flexibility index (Phi) is 5.26. The molecule has 0 heterocycles. The van der Waals surface area contributed by atoms with Crippen molar-refractivity contribution < 1.29 is 19.0 Å². The van der Waals surface area contributed by atoms with Gasteiger partial charge in [-0.15, -0.1) is 0 Å². The molecule has 0 saturated heterocycles. The molecule has 0 aromatic rings. The first kappa shape index (κ1) is 9.66. The van der Waals surface area contributed by atoms with E-state index in [1.807, 2.05) is 0 Å². The molecule has 10 heavy (non-hydrogen) atoms. The third-order valence-corrected chi connectivity index (χ3v) is 1.62. The Balaban J connectivity index is 3.06. The number of ether oxygens (including phenoxy) is 1. The lowest BCUT2D eigenvalue weighted by molar-refractivity contribution is -0.140. The first-order valence-corrected chi connectivity index (χ1v) is 4.54. The number of rotatable bonds is 4. The van der Waals surface area contributed by atoms with Gasteiger partial charge in [-0.05, 0) is 6.42 Å². The second-order valence-electron chi connectivity index (χ2n) is 1.84. The number of hydrogen-bond donors (Lipinski definition) is 1. The van der Waals surface area contributed by atoms with Crippen LogP contribution in [0.1, 0.15) is 13.3 Å². The highest BCUT2D eigenvalue weighted by Crippen LogP contribution is 2.13. The van der Waals surface area contributed by atoms with E-state index in [1.54, 1.807) is 0 Å². The first-order valence-electron chi connectivity index (χ1n) is 2.98. The summed E-state index contributed by atoms with van der Waals surface area (Å²) in [5, 5.41) is 0. The molecule has 0 aliphatic rings. The normalized spacial score (nSPS) is 12.6. The molecule has 0 fully saturated rings. The van der Waals surface area contributed by atoms with E-state index in [0.29, 0.717) is 6.42 Å². The summed E-state index contributed by atoms with van der Waals surface area (Å²) in [7, 11) is -2.37. The van der Waals surface area contributed by atoms with Crippen LogP contribution in [0.2, 0.25) is 0 Å². The summed E-state index contributed by atoms with van der Waals surface area (Å²) in [4.78, 5) is 18.5. The predicted octanol–water partition coefficient (Wildman–Crippen LogP) is 0.407. The summed E-state index contributed by atoms with van der Waals surface area (Å²) in [5.41, 5.74) is 0. The Morgan fingerprint density at radius 1 is 1.70 bits per heavy atom. The van der Waals surface area contributed by atoms with E-state index in [4.69, 9.17) is 4.89 Å². The van der Waals surface area contributed by atoms with E-state index in [2.05, 4.69) is 4.74 Å². The summed E-state index contributed by atoms with van der Waals surface area (Å²) in [6.45, 7) is 1.55. The fourth-order valence-corrected chi connectivity index (χ4v) is 0.886. The van der Waals surface area contributed by atoms with Crippen LogP contribution in [-0.4, -0.2) is 23.6 Å². The van der Waals surface area contributed by atoms with Crippen molar-refractivity contribution in [3.05, 3.63) is 0 Å². The maximum Gasteiger partial charge on any atom is 0.302 e. The van der Waals surface area contributed by atoms with E-state index < -0.39 is 8.03 Å². The standard InChI is InChI=1S/C5H11O4P/c1-5(6)9-3-2-4-10(7)8/h10H,2-4H2,1H3,(H,7,8). The molecular weight excluding hydrogens is 155 g/mol. The zero-order valence-electron chi connectivity index (χ0n) is 5.79. The number of hydrogen-bond acceptors (Lipinski definition) is 3. The topological polar surface area (TPSA) is 63.6 Å². The average Bonchev–Trinajstić information content (AvgIpc) is 1.79. The molecule has 0 bridgehead atoms. The largest absolute Gasteiger partial charge is 0.466 e. The zero-order chi connectivity index (χ0) is 7.98. The van der Waals surface area contributed by atoms with Gasteiger partial charge in [-0.3, -0.25) is 9.36 Å². The van der Waals surface area contributed by atoms with Crippen molar-refractivity contribution in [1.82, 2.24) is 0 Å². The Hall–Kier alpha value is -0.340. The fraction of sp³-hybridized carbons (Fsp3) is 0.800. The monoisotopic (exact) mass is 166 g/mol. The minimum atomic E-state index is -2.37. The maximum absolute atomic E-state index is 10.1. The van der Waals surface area contributed by atoms with Crippen molar-refractivity contribution in [1.29, 1.82) is 0 Å². The summed E-state index contributed by atoms with van der Waals surface area (Å²) >= 11 is 0. The SMILES string of the molecule is CC(=O)OCCC[PH](=O)O. The van der Waals surface area contributed by atoms with Gasteiger partial charge < -0.3 is 9.63 Å². The van der Waals surface area contributed by atoms with Crippen molar-refractivity contribution in [2.45, 2.75) is 13.3 Å². The lowest BCUT2D eigenvalue weighted by atomic mass is 10.5. The van der Waals surface area contributed by atoms with Crippen LogP contribution in [-0.2, 0) is 14.1 Å². The van der Waals surface area contributed by atoms with Crippen molar-refractivity contribution in [2.24, 2.45) is 0 Å². The molecule has 4 nitrogen and oxygen atoms in total. The van der Waals surface area contributed by atoms with Crippen LogP contribution in [0, 0.1) is 0 Å². The third kappa shape index (κ3) is 7.66. The highest BCUT2D eigenvalue weighted by atomic mass is 31.1. The van der Waals surface area contributed by atoms with Gasteiger partial charge in [0, 0.05) is 13.1 Å². The van der Waals surface area contributed by atoms with Crippen molar-refractivity contribution in [3.63, 3.8) is 0 Å². The van der Waals surface area contributed by atoms with Crippen LogP contribution in [0.25, 0.3) is 0 Å². The molecule has 0 saturated carbocycles. The molecule has 1 unspecified atom stereocenters. The first-order chi connectivity index (χ1) is 4.63. The van der Waals surface area contributed by atoms with Gasteiger partial charge in [0.1, 0.15) is 0 Å². The van der Waals surface area contributed by atoms with Crippen LogP contribution in [0.5, 0.6) is 0 Å². The highest BCUT2D eigenvalue weighted by Gasteiger charge is 1.94. The van der Waals surface area contributed by atoms with E-state index >= 15 is 0 Å². The van der Waals surface area contributed by atoms with Gasteiger partial charge >= 0.3 is 5.97 Å². The molecule has 0 spiro atoms. The summed E-state index contributed by atoms with van der Waals surface area (Å²) < 4.78 is 14.6. The van der Waals surface area contributed by atoms with Crippen molar-refractivity contribution in [2.75, 3.05) is 12.8 Å². The average molecular weight is 166 g/mol. The third-order valence-electron chi connectivity index (χ3n) is 0.840. The Morgan fingerprint density at radius 3 is 2.70 bits per heavy atom. The van der Waals surface area contributed by atoms with Gasteiger partial charge in [0.25, 0.3) is 0 Å². The van der Waals surface area contributed by atoms with Gasteiger partial charge in [-0.2, -0.15) is 0 Å². The number of carbonyl (C=O) groups excluding carboxylic acids is 1. The predicted molar refractivity (Wildman–Crippen MR) is 37.3 cm³/mol. The van der Waals surface area contributed by atoms with Gasteiger partial charge in [-0.25, -0.2) is 0 Å². The van der Waals surface area contributed by atoms with E-state index in [9.17, 15) is 9.36 Å². The minimum absolute atomic E-state index is 0.234. The van der Waals surface area contributed by atoms with Gasteiger partial charge in [0.15, 0.2) is 8.03 Å². The van der Waals surface area contributed by atoms with Crippen molar-refractivity contribution in [3.8, 4) is 0 Å². The quantitative estimate of drug-likeness (QED) is 0.373. The molecule has 5 heteroatoms. The molecule has 1 N–H and O–H groups in total.